The Morgan fingerprint density at radius 1 is 1.40 bits per heavy atom. The Bertz CT molecular complexity index is 489. The van der Waals surface area contributed by atoms with Crippen LogP contribution in [0.2, 0.25) is 5.02 Å². The number of hydrogen-bond donors (Lipinski definition) is 2. The molecule has 1 heterocycles. The fraction of sp³-hybridized carbons (Fsp3) is 0. The molecule has 78 valence electrons. The second-order valence-corrected chi connectivity index (χ2v) is 4.19. The summed E-state index contributed by atoms with van der Waals surface area (Å²) in [6.07, 6.45) is 0. The van der Waals surface area contributed by atoms with Gasteiger partial charge in [-0.3, -0.25) is 5.10 Å². The maximum absolute atomic E-state index is 13.3. The molecule has 2 aromatic rings. The molecule has 0 amide bonds. The summed E-state index contributed by atoms with van der Waals surface area (Å²) in [6, 6.07) is 4.63. The maximum atomic E-state index is 13.3. The van der Waals surface area contributed by atoms with Crippen molar-refractivity contribution in [2.24, 2.45) is 0 Å². The third kappa shape index (κ3) is 1.98. The highest BCUT2D eigenvalue weighted by atomic mass is 79.9. The van der Waals surface area contributed by atoms with Crippen LogP contribution in [0.5, 0.6) is 0 Å². The molecule has 0 fully saturated rings. The average molecular weight is 291 g/mol. The molecule has 2 rings (SSSR count). The van der Waals surface area contributed by atoms with E-state index < -0.39 is 5.82 Å². The molecule has 3 N–H and O–H groups in total. The topological polar surface area (TPSA) is 54.7 Å². The van der Waals surface area contributed by atoms with Gasteiger partial charge in [0.15, 0.2) is 0 Å². The zero-order valence-electron chi connectivity index (χ0n) is 7.39. The van der Waals surface area contributed by atoms with Crippen LogP contribution in [0, 0.1) is 5.82 Å². The summed E-state index contributed by atoms with van der Waals surface area (Å²) in [5.41, 5.74) is 6.72. The van der Waals surface area contributed by atoms with Crippen molar-refractivity contribution in [2.75, 3.05) is 5.73 Å². The summed E-state index contributed by atoms with van der Waals surface area (Å²) in [5.74, 6) is -0.134. The lowest BCUT2D eigenvalue weighted by atomic mass is 10.1. The summed E-state index contributed by atoms with van der Waals surface area (Å²) < 4.78 is 13.8. The average Bonchev–Trinajstić information content (AvgIpc) is 2.60. The van der Waals surface area contributed by atoms with Crippen molar-refractivity contribution < 1.29 is 4.39 Å². The molecule has 0 spiro atoms. The summed E-state index contributed by atoms with van der Waals surface area (Å²) in [7, 11) is 0. The molecule has 1 aromatic carbocycles. The van der Waals surface area contributed by atoms with Gasteiger partial charge in [-0.05, 0) is 28.1 Å². The second-order valence-electron chi connectivity index (χ2n) is 2.96. The number of benzene rings is 1. The van der Waals surface area contributed by atoms with Crippen molar-refractivity contribution in [3.63, 3.8) is 0 Å². The Kier molecular flexibility index (Phi) is 2.67. The smallest absolute Gasteiger partial charge is 0.145 e. The highest BCUT2D eigenvalue weighted by Crippen LogP contribution is 2.31. The van der Waals surface area contributed by atoms with Crippen LogP contribution >= 0.6 is 27.5 Å². The Morgan fingerprint density at radius 2 is 2.13 bits per heavy atom. The predicted molar refractivity (Wildman–Crippen MR) is 61.1 cm³/mol. The number of aromatic nitrogens is 2. The first-order chi connectivity index (χ1) is 7.08. The van der Waals surface area contributed by atoms with Crippen LogP contribution in [0.25, 0.3) is 11.3 Å². The Labute approximate surface area is 98.6 Å². The summed E-state index contributed by atoms with van der Waals surface area (Å²) in [5, 5.41) is 6.51. The van der Waals surface area contributed by atoms with E-state index in [9.17, 15) is 4.39 Å². The molecule has 0 atom stereocenters. The number of nitrogens with zero attached hydrogens (tertiary/aromatic N) is 1. The van der Waals surface area contributed by atoms with Crippen LogP contribution in [0.15, 0.2) is 22.7 Å². The number of H-pyrrole nitrogens is 1. The molecule has 1 aromatic heterocycles. The number of anilines is 1. The summed E-state index contributed by atoms with van der Waals surface area (Å²) >= 11 is 8.83. The van der Waals surface area contributed by atoms with Crippen LogP contribution in [-0.2, 0) is 0 Å². The first-order valence-electron chi connectivity index (χ1n) is 4.03. The van der Waals surface area contributed by atoms with Crippen molar-refractivity contribution in [1.82, 2.24) is 10.2 Å². The van der Waals surface area contributed by atoms with Gasteiger partial charge in [0.2, 0.25) is 0 Å². The van der Waals surface area contributed by atoms with Crippen molar-refractivity contribution in [1.29, 1.82) is 0 Å². The van der Waals surface area contributed by atoms with Gasteiger partial charge in [-0.25, -0.2) is 4.39 Å². The molecule has 0 aliphatic heterocycles. The number of nitrogen functional groups attached to an aromatic ring is 1. The first-order valence-corrected chi connectivity index (χ1v) is 5.21. The van der Waals surface area contributed by atoms with E-state index in [0.29, 0.717) is 21.5 Å². The Balaban J connectivity index is 2.55. The van der Waals surface area contributed by atoms with Gasteiger partial charge in [0.1, 0.15) is 11.6 Å². The van der Waals surface area contributed by atoms with Crippen LogP contribution in [0.4, 0.5) is 10.2 Å². The van der Waals surface area contributed by atoms with E-state index in [2.05, 4.69) is 26.1 Å². The molecule has 6 heteroatoms. The van der Waals surface area contributed by atoms with Gasteiger partial charge in [-0.2, -0.15) is 5.10 Å². The Morgan fingerprint density at radius 3 is 2.67 bits per heavy atom. The van der Waals surface area contributed by atoms with Crippen LogP contribution in [-0.4, -0.2) is 10.2 Å². The number of aromatic amines is 1. The largest absolute Gasteiger partial charge is 0.382 e. The van der Waals surface area contributed by atoms with Crippen molar-refractivity contribution >= 4 is 33.3 Å². The standard InChI is InChI=1S/C9H6BrClFN3/c10-5-1-4(2-6(12)9(5)11)7-3-8(13)15-14-7/h1-3H,(H3,13,14,15). The third-order valence-corrected chi connectivity index (χ3v) is 3.13. The fourth-order valence-electron chi connectivity index (χ4n) is 1.20. The van der Waals surface area contributed by atoms with Crippen molar-refractivity contribution in [2.45, 2.75) is 0 Å². The molecule has 0 saturated heterocycles. The third-order valence-electron chi connectivity index (χ3n) is 1.89. The van der Waals surface area contributed by atoms with Gasteiger partial charge in [-0.15, -0.1) is 0 Å². The SMILES string of the molecule is Nc1cc(-c2cc(F)c(Cl)c(Br)c2)[nH]n1. The van der Waals surface area contributed by atoms with Gasteiger partial charge < -0.3 is 5.73 Å². The lowest BCUT2D eigenvalue weighted by Crippen LogP contribution is -1.84. The van der Waals surface area contributed by atoms with Gasteiger partial charge in [0.05, 0.1) is 10.7 Å². The summed E-state index contributed by atoms with van der Waals surface area (Å²) in [6.45, 7) is 0. The fourth-order valence-corrected chi connectivity index (χ4v) is 1.74. The molecule has 3 nitrogen and oxygen atoms in total. The number of nitrogens with one attached hydrogen (secondary N) is 1. The Hall–Kier alpha value is -1.07. The minimum absolute atomic E-state index is 0.0613. The van der Waals surface area contributed by atoms with Crippen LogP contribution < -0.4 is 5.73 Å². The van der Waals surface area contributed by atoms with E-state index >= 15 is 0 Å². The van der Waals surface area contributed by atoms with E-state index in [1.54, 1.807) is 12.1 Å². The van der Waals surface area contributed by atoms with Gasteiger partial charge in [0.25, 0.3) is 0 Å². The lowest BCUT2D eigenvalue weighted by Gasteiger charge is -2.02. The highest BCUT2D eigenvalue weighted by molar-refractivity contribution is 9.10. The molecule has 0 aliphatic carbocycles. The monoisotopic (exact) mass is 289 g/mol. The quantitative estimate of drug-likeness (QED) is 0.792. The van der Waals surface area contributed by atoms with E-state index in [0.717, 1.165) is 0 Å². The van der Waals surface area contributed by atoms with E-state index in [1.165, 1.54) is 6.07 Å². The zero-order valence-corrected chi connectivity index (χ0v) is 9.73. The normalized spacial score (nSPS) is 10.6. The molecule has 15 heavy (non-hydrogen) atoms. The van der Waals surface area contributed by atoms with Crippen LogP contribution in [0.1, 0.15) is 0 Å². The lowest BCUT2D eigenvalue weighted by molar-refractivity contribution is 0.628. The number of halogens is 3. The van der Waals surface area contributed by atoms with Crippen molar-refractivity contribution in [3.05, 3.63) is 33.5 Å². The minimum Gasteiger partial charge on any atom is -0.382 e. The number of rotatable bonds is 1. The molecule has 0 radical (unpaired) electrons. The van der Waals surface area contributed by atoms with Crippen molar-refractivity contribution in [3.8, 4) is 11.3 Å². The maximum Gasteiger partial charge on any atom is 0.145 e. The van der Waals surface area contributed by atoms with Gasteiger partial charge >= 0.3 is 0 Å². The van der Waals surface area contributed by atoms with E-state index in [-0.39, 0.29) is 5.02 Å². The minimum atomic E-state index is -0.491. The highest BCUT2D eigenvalue weighted by Gasteiger charge is 2.09. The molecule has 0 saturated carbocycles. The van der Waals surface area contributed by atoms with E-state index in [1.807, 2.05) is 0 Å². The summed E-state index contributed by atoms with van der Waals surface area (Å²) in [4.78, 5) is 0. The van der Waals surface area contributed by atoms with Gasteiger partial charge in [-0.1, -0.05) is 11.6 Å². The van der Waals surface area contributed by atoms with E-state index in [4.69, 9.17) is 17.3 Å². The molecule has 0 bridgehead atoms. The first kappa shape index (κ1) is 10.4. The molecule has 0 aliphatic rings. The number of nitrogens with two attached hydrogens (primary N) is 1. The number of hydrogen-bond acceptors (Lipinski definition) is 2. The molecular weight excluding hydrogens is 284 g/mol. The second kappa shape index (κ2) is 3.83. The molecule has 0 unspecified atom stereocenters. The zero-order chi connectivity index (χ0) is 11.0. The molecular formula is C9H6BrClFN3. The van der Waals surface area contributed by atoms with Crippen LogP contribution in [0.3, 0.4) is 0 Å². The van der Waals surface area contributed by atoms with Gasteiger partial charge in [0, 0.05) is 16.1 Å². The predicted octanol–water partition coefficient (Wildman–Crippen LogP) is 3.21.